The first-order valence-corrected chi connectivity index (χ1v) is 12.5. The summed E-state index contributed by atoms with van der Waals surface area (Å²) in [6.07, 6.45) is 6.25. The Kier molecular flexibility index (Phi) is 8.66. The number of benzene rings is 1. The summed E-state index contributed by atoms with van der Waals surface area (Å²) in [5.41, 5.74) is -0.405. The molecule has 0 atom stereocenters. The number of allylic oxidation sites excluding steroid dienone is 1. The van der Waals surface area contributed by atoms with E-state index in [2.05, 4.69) is 4.90 Å². The molecule has 2 heterocycles. The summed E-state index contributed by atoms with van der Waals surface area (Å²) in [4.78, 5) is 44.6. The van der Waals surface area contributed by atoms with Crippen molar-refractivity contribution in [3.63, 3.8) is 0 Å². The summed E-state index contributed by atoms with van der Waals surface area (Å²) in [5, 5.41) is 0. The molecular weight excluding hydrogens is 430 g/mol. The van der Waals surface area contributed by atoms with Gasteiger partial charge in [-0.2, -0.15) is 0 Å². The van der Waals surface area contributed by atoms with Gasteiger partial charge in [0.15, 0.2) is 5.78 Å². The second kappa shape index (κ2) is 11.3. The number of nitrogens with zero attached hydrogens (tertiary/aromatic N) is 3. The molecule has 3 rings (SSSR count). The van der Waals surface area contributed by atoms with Gasteiger partial charge in [0, 0.05) is 51.6 Å². The normalized spacial score (nSPS) is 19.9. The van der Waals surface area contributed by atoms with Crippen LogP contribution in [0.5, 0.6) is 0 Å². The Morgan fingerprint density at radius 3 is 2.24 bits per heavy atom. The lowest BCUT2D eigenvalue weighted by atomic mass is 9.75. The summed E-state index contributed by atoms with van der Waals surface area (Å²) >= 11 is 0. The highest BCUT2D eigenvalue weighted by molar-refractivity contribution is 6.13. The molecule has 7 nitrogen and oxygen atoms in total. The second-order valence-corrected chi connectivity index (χ2v) is 9.38. The lowest BCUT2D eigenvalue weighted by Gasteiger charge is -2.48. The van der Waals surface area contributed by atoms with E-state index in [4.69, 9.17) is 4.74 Å². The number of carbonyl (C=O) groups excluding carboxylic acids is 3. The zero-order valence-corrected chi connectivity index (χ0v) is 21.1. The molecule has 0 unspecified atom stereocenters. The van der Waals surface area contributed by atoms with Crippen molar-refractivity contribution >= 4 is 23.3 Å². The molecule has 0 saturated carbocycles. The van der Waals surface area contributed by atoms with Gasteiger partial charge < -0.3 is 19.4 Å². The molecule has 1 fully saturated rings. The van der Waals surface area contributed by atoms with Gasteiger partial charge in [-0.25, -0.2) is 0 Å². The number of hydrogen-bond donors (Lipinski definition) is 0. The molecule has 0 aliphatic carbocycles. The van der Waals surface area contributed by atoms with Crippen LogP contribution in [0, 0.1) is 5.41 Å². The average Bonchev–Trinajstić information content (AvgIpc) is 2.86. The van der Waals surface area contributed by atoms with E-state index < -0.39 is 11.0 Å². The van der Waals surface area contributed by atoms with Crippen molar-refractivity contribution in [1.82, 2.24) is 9.80 Å². The molecule has 7 heteroatoms. The van der Waals surface area contributed by atoms with Crippen LogP contribution >= 0.6 is 0 Å². The summed E-state index contributed by atoms with van der Waals surface area (Å²) in [5.74, 6) is -0.0666. The van der Waals surface area contributed by atoms with E-state index in [0.717, 1.165) is 38.2 Å². The quantitative estimate of drug-likeness (QED) is 0.490. The molecule has 186 valence electrons. The van der Waals surface area contributed by atoms with Gasteiger partial charge in [0.25, 0.3) is 0 Å². The van der Waals surface area contributed by atoms with Gasteiger partial charge in [-0.1, -0.05) is 39.0 Å². The van der Waals surface area contributed by atoms with Crippen LogP contribution in [0.15, 0.2) is 42.6 Å². The maximum absolute atomic E-state index is 13.1. The Morgan fingerprint density at radius 1 is 1.03 bits per heavy atom. The van der Waals surface area contributed by atoms with Crippen LogP contribution in [-0.4, -0.2) is 72.8 Å². The number of anilines is 1. The summed E-state index contributed by atoms with van der Waals surface area (Å²) in [6, 6.07) is 9.85. The van der Waals surface area contributed by atoms with Gasteiger partial charge >= 0.3 is 0 Å². The van der Waals surface area contributed by atoms with E-state index in [0.29, 0.717) is 32.4 Å². The third-order valence-electron chi connectivity index (χ3n) is 7.65. The van der Waals surface area contributed by atoms with Crippen molar-refractivity contribution in [3.8, 4) is 0 Å². The van der Waals surface area contributed by atoms with Crippen molar-refractivity contribution in [1.29, 1.82) is 0 Å². The van der Waals surface area contributed by atoms with E-state index in [1.807, 2.05) is 56.0 Å². The first-order valence-electron chi connectivity index (χ1n) is 12.5. The fourth-order valence-corrected chi connectivity index (χ4v) is 5.40. The minimum atomic E-state index is -0.916. The van der Waals surface area contributed by atoms with E-state index in [1.165, 1.54) is 0 Å². The van der Waals surface area contributed by atoms with E-state index in [-0.39, 0.29) is 17.6 Å². The number of para-hydroxylation sites is 1. The molecule has 2 aliphatic rings. The van der Waals surface area contributed by atoms with Crippen molar-refractivity contribution in [2.24, 2.45) is 5.41 Å². The number of piperidine rings is 1. The number of carbonyl (C=O) groups is 3. The van der Waals surface area contributed by atoms with E-state index >= 15 is 0 Å². The predicted octanol–water partition coefficient (Wildman–Crippen LogP) is 3.64. The highest BCUT2D eigenvalue weighted by atomic mass is 16.5. The summed E-state index contributed by atoms with van der Waals surface area (Å²) in [6.45, 7) is 9.09. The summed E-state index contributed by atoms with van der Waals surface area (Å²) < 4.78 is 5.64. The Bertz CT molecular complexity index is 886. The van der Waals surface area contributed by atoms with Crippen molar-refractivity contribution in [2.45, 2.75) is 58.4 Å². The van der Waals surface area contributed by atoms with Gasteiger partial charge in [-0.3, -0.25) is 14.4 Å². The zero-order valence-electron chi connectivity index (χ0n) is 21.1. The monoisotopic (exact) mass is 469 g/mol. The van der Waals surface area contributed by atoms with Crippen molar-refractivity contribution in [2.75, 3.05) is 44.8 Å². The Labute approximate surface area is 203 Å². The average molecular weight is 470 g/mol. The number of rotatable bonds is 10. The fourth-order valence-electron chi connectivity index (χ4n) is 5.40. The van der Waals surface area contributed by atoms with Gasteiger partial charge in [0.05, 0.1) is 12.1 Å². The highest BCUT2D eigenvalue weighted by Gasteiger charge is 2.46. The van der Waals surface area contributed by atoms with Crippen LogP contribution in [0.25, 0.3) is 0 Å². The number of ketones is 1. The molecule has 0 bridgehead atoms. The molecule has 1 aromatic carbocycles. The van der Waals surface area contributed by atoms with Gasteiger partial charge in [-0.05, 0) is 43.9 Å². The SMILES string of the molecule is CCC(=O)N(c1ccccc1)C1(COC)CCN(CCN2C=CC(=O)C(CC)(CC)C2=O)CC1. The molecule has 0 aromatic heterocycles. The molecule has 0 radical (unpaired) electrons. The van der Waals surface area contributed by atoms with Gasteiger partial charge in [0.1, 0.15) is 5.41 Å². The predicted molar refractivity (Wildman–Crippen MR) is 133 cm³/mol. The van der Waals surface area contributed by atoms with Gasteiger partial charge in [0.2, 0.25) is 11.8 Å². The van der Waals surface area contributed by atoms with Crippen molar-refractivity contribution in [3.05, 3.63) is 42.6 Å². The smallest absolute Gasteiger partial charge is 0.240 e. The van der Waals surface area contributed by atoms with Crippen LogP contribution in [0.1, 0.15) is 52.9 Å². The minimum Gasteiger partial charge on any atom is -0.382 e. The second-order valence-electron chi connectivity index (χ2n) is 9.38. The highest BCUT2D eigenvalue weighted by Crippen LogP contribution is 2.36. The van der Waals surface area contributed by atoms with Gasteiger partial charge in [-0.15, -0.1) is 0 Å². The maximum atomic E-state index is 13.1. The largest absolute Gasteiger partial charge is 0.382 e. The number of hydrogen-bond acceptors (Lipinski definition) is 5. The topological polar surface area (TPSA) is 70.2 Å². The lowest BCUT2D eigenvalue weighted by molar-refractivity contribution is -0.148. The fraction of sp³-hybridized carbons (Fsp3) is 0.593. The van der Waals surface area contributed by atoms with Crippen molar-refractivity contribution < 1.29 is 19.1 Å². The van der Waals surface area contributed by atoms with Crippen LogP contribution in [0.2, 0.25) is 0 Å². The molecule has 0 spiro atoms. The number of amides is 2. The van der Waals surface area contributed by atoms with Crippen LogP contribution in [0.3, 0.4) is 0 Å². The molecule has 0 N–H and O–H groups in total. The molecular formula is C27H39N3O4. The zero-order chi connectivity index (χ0) is 24.8. The minimum absolute atomic E-state index is 0.0809. The maximum Gasteiger partial charge on any atom is 0.240 e. The number of likely N-dealkylation sites (tertiary alicyclic amines) is 1. The third kappa shape index (κ3) is 4.96. The van der Waals surface area contributed by atoms with Crippen LogP contribution in [-0.2, 0) is 19.1 Å². The first kappa shape index (κ1) is 26.1. The number of ether oxygens (including phenoxy) is 1. The molecule has 2 aliphatic heterocycles. The third-order valence-corrected chi connectivity index (χ3v) is 7.65. The first-order chi connectivity index (χ1) is 16.4. The Morgan fingerprint density at radius 2 is 1.68 bits per heavy atom. The molecule has 34 heavy (non-hydrogen) atoms. The molecule has 1 aromatic rings. The van der Waals surface area contributed by atoms with E-state index in [1.54, 1.807) is 24.3 Å². The summed E-state index contributed by atoms with van der Waals surface area (Å²) in [7, 11) is 1.69. The van der Waals surface area contributed by atoms with Crippen LogP contribution < -0.4 is 4.90 Å². The molecule has 2 amide bonds. The standard InChI is InChI=1S/C27H39N3O4/c1-5-24(32)30(22-11-9-8-10-12-22)26(21-34-4)14-17-28(18-15-26)19-20-29-16-13-23(31)27(6-2,7-3)25(29)33/h8-13,16H,5-7,14-15,17-21H2,1-4H3. The van der Waals surface area contributed by atoms with Crippen LogP contribution in [0.4, 0.5) is 5.69 Å². The Hall–Kier alpha value is -2.51. The number of methoxy groups -OCH3 is 1. The lowest BCUT2D eigenvalue weighted by Crippen LogP contribution is -2.60. The Balaban J connectivity index is 1.70. The van der Waals surface area contributed by atoms with E-state index in [9.17, 15) is 14.4 Å². The molecule has 1 saturated heterocycles.